The van der Waals surface area contributed by atoms with Gasteiger partial charge < -0.3 is 19.5 Å². The summed E-state index contributed by atoms with van der Waals surface area (Å²) in [6, 6.07) is 13.1. The first-order valence-corrected chi connectivity index (χ1v) is 10.4. The third-order valence-corrected chi connectivity index (χ3v) is 5.84. The fraction of sp³-hybridized carbons (Fsp3) is 0.391. The highest BCUT2D eigenvalue weighted by Gasteiger charge is 2.40. The van der Waals surface area contributed by atoms with Gasteiger partial charge in [-0.3, -0.25) is 4.90 Å². The minimum absolute atomic E-state index is 0.0674. The number of anilines is 1. The van der Waals surface area contributed by atoms with E-state index in [2.05, 4.69) is 0 Å². The predicted molar refractivity (Wildman–Crippen MR) is 111 cm³/mol. The summed E-state index contributed by atoms with van der Waals surface area (Å²) in [6.07, 6.45) is -2.03. The van der Waals surface area contributed by atoms with E-state index in [1.807, 2.05) is 30.3 Å². The van der Waals surface area contributed by atoms with Gasteiger partial charge in [0.05, 0.1) is 18.8 Å². The topological polar surface area (TPSA) is 79.3 Å². The van der Waals surface area contributed by atoms with E-state index in [9.17, 15) is 14.0 Å². The van der Waals surface area contributed by atoms with E-state index < -0.39 is 29.8 Å². The maximum Gasteiger partial charge on any atom is 0.414 e. The van der Waals surface area contributed by atoms with Crippen LogP contribution in [0.5, 0.6) is 0 Å². The first-order valence-electron chi connectivity index (χ1n) is 10.4. The Morgan fingerprint density at radius 1 is 1.19 bits per heavy atom. The number of carbonyl (C=O) groups excluding carboxylic acids is 2. The summed E-state index contributed by atoms with van der Waals surface area (Å²) >= 11 is 0. The Hall–Kier alpha value is -3.20. The lowest BCUT2D eigenvalue weighted by atomic mass is 9.85. The number of alkyl halides is 1. The van der Waals surface area contributed by atoms with Crippen LogP contribution in [0.25, 0.3) is 0 Å². The van der Waals surface area contributed by atoms with Crippen LogP contribution < -0.4 is 4.90 Å². The van der Waals surface area contributed by atoms with Crippen molar-refractivity contribution in [3.8, 4) is 0 Å². The molecule has 170 valence electrons. The van der Waals surface area contributed by atoms with E-state index in [1.54, 1.807) is 0 Å². The monoisotopic (exact) mass is 446 g/mol. The maximum atomic E-state index is 15.6. The highest BCUT2D eigenvalue weighted by atomic mass is 19.1. The highest BCUT2D eigenvalue weighted by Crippen LogP contribution is 2.39. The minimum Gasteiger partial charge on any atom is -0.445 e. The average Bonchev–Trinajstić information content (AvgIpc) is 3.19. The van der Waals surface area contributed by atoms with Crippen molar-refractivity contribution in [2.75, 3.05) is 31.1 Å². The molecule has 32 heavy (non-hydrogen) atoms. The van der Waals surface area contributed by atoms with Crippen LogP contribution in [0.15, 0.2) is 48.5 Å². The standard InChI is InChI=1S/C23H24F2N2O5/c24-20-12-17(27-13-18(14-28)32-22(27)30)6-7-19(20)23(25)8-10-26(11-9-23)21(29)31-15-16-4-2-1-3-5-16/h1-7,12,18,28H,8-11,13-15H2. The van der Waals surface area contributed by atoms with Crippen LogP contribution in [-0.2, 0) is 21.7 Å². The largest absolute Gasteiger partial charge is 0.445 e. The molecule has 1 N–H and O–H groups in total. The Bertz CT molecular complexity index is 980. The molecule has 2 fully saturated rings. The van der Waals surface area contributed by atoms with E-state index in [1.165, 1.54) is 21.9 Å². The Morgan fingerprint density at radius 3 is 2.53 bits per heavy atom. The second kappa shape index (κ2) is 9.12. The first-order chi connectivity index (χ1) is 15.4. The number of nitrogens with zero attached hydrogens (tertiary/aromatic N) is 2. The van der Waals surface area contributed by atoms with Crippen molar-refractivity contribution in [3.05, 3.63) is 65.5 Å². The summed E-state index contributed by atoms with van der Waals surface area (Å²) in [5.41, 5.74) is -0.951. The molecule has 9 heteroatoms. The third-order valence-electron chi connectivity index (χ3n) is 5.84. The predicted octanol–water partition coefficient (Wildman–Crippen LogP) is 3.74. The SMILES string of the molecule is O=C(OCc1ccccc1)N1CCC(F)(c2ccc(N3CC(CO)OC3=O)cc2F)CC1. The average molecular weight is 446 g/mol. The second-order valence-corrected chi connectivity index (χ2v) is 7.96. The van der Waals surface area contributed by atoms with Crippen molar-refractivity contribution in [1.82, 2.24) is 4.90 Å². The van der Waals surface area contributed by atoms with Gasteiger partial charge in [0.2, 0.25) is 0 Å². The van der Waals surface area contributed by atoms with Crippen LogP contribution in [0, 0.1) is 5.82 Å². The molecule has 1 unspecified atom stereocenters. The number of piperidine rings is 1. The molecule has 0 saturated carbocycles. The summed E-state index contributed by atoms with van der Waals surface area (Å²) < 4.78 is 40.7. The zero-order valence-electron chi connectivity index (χ0n) is 17.4. The summed E-state index contributed by atoms with van der Waals surface area (Å²) in [5, 5.41) is 9.14. The van der Waals surface area contributed by atoms with Gasteiger partial charge in [-0.2, -0.15) is 0 Å². The minimum atomic E-state index is -1.93. The fourth-order valence-corrected chi connectivity index (χ4v) is 3.99. The smallest absolute Gasteiger partial charge is 0.414 e. The number of carbonyl (C=O) groups is 2. The zero-order chi connectivity index (χ0) is 22.7. The molecular weight excluding hydrogens is 422 g/mol. The normalized spacial score (nSPS) is 20.2. The first kappa shape index (κ1) is 22.0. The van der Waals surface area contributed by atoms with Crippen molar-refractivity contribution in [3.63, 3.8) is 0 Å². The second-order valence-electron chi connectivity index (χ2n) is 7.96. The van der Waals surface area contributed by atoms with Crippen LogP contribution in [0.4, 0.5) is 24.1 Å². The Kier molecular flexibility index (Phi) is 6.27. The molecule has 2 aliphatic heterocycles. The number of hydrogen-bond acceptors (Lipinski definition) is 5. The molecule has 2 aliphatic rings. The number of aliphatic hydroxyl groups is 1. The number of hydrogen-bond donors (Lipinski definition) is 1. The molecule has 2 aromatic rings. The summed E-state index contributed by atoms with van der Waals surface area (Å²) in [5.74, 6) is -0.773. The van der Waals surface area contributed by atoms with Gasteiger partial charge in [0.25, 0.3) is 0 Å². The van der Waals surface area contributed by atoms with Gasteiger partial charge in [0.15, 0.2) is 0 Å². The number of halogens is 2. The number of rotatable bonds is 5. The molecule has 2 amide bonds. The molecule has 7 nitrogen and oxygen atoms in total. The molecule has 0 aliphatic carbocycles. The van der Waals surface area contributed by atoms with Gasteiger partial charge in [-0.1, -0.05) is 36.4 Å². The Morgan fingerprint density at radius 2 is 1.91 bits per heavy atom. The van der Waals surface area contributed by atoms with Gasteiger partial charge >= 0.3 is 12.2 Å². The Labute approximate surface area is 184 Å². The van der Waals surface area contributed by atoms with Gasteiger partial charge in [-0.05, 0) is 17.7 Å². The summed E-state index contributed by atoms with van der Waals surface area (Å²) in [4.78, 5) is 26.8. The van der Waals surface area contributed by atoms with E-state index >= 15 is 4.39 Å². The van der Waals surface area contributed by atoms with Crippen molar-refractivity contribution in [1.29, 1.82) is 0 Å². The van der Waals surface area contributed by atoms with Crippen LogP contribution >= 0.6 is 0 Å². The molecule has 2 aromatic carbocycles. The lowest BCUT2D eigenvalue weighted by molar-refractivity contribution is 0.0374. The fourth-order valence-electron chi connectivity index (χ4n) is 3.99. The molecule has 0 radical (unpaired) electrons. The number of ether oxygens (including phenoxy) is 2. The summed E-state index contributed by atoms with van der Waals surface area (Å²) in [7, 11) is 0. The van der Waals surface area contributed by atoms with E-state index in [0.717, 1.165) is 11.6 Å². The van der Waals surface area contributed by atoms with Crippen LogP contribution in [0.2, 0.25) is 0 Å². The Balaban J connectivity index is 1.37. The highest BCUT2D eigenvalue weighted by molar-refractivity contribution is 5.89. The quantitative estimate of drug-likeness (QED) is 0.757. The van der Waals surface area contributed by atoms with Crippen LogP contribution in [-0.4, -0.2) is 54.5 Å². The van der Waals surface area contributed by atoms with Crippen LogP contribution in [0.3, 0.4) is 0 Å². The number of amides is 2. The van der Waals surface area contributed by atoms with Gasteiger partial charge in [0.1, 0.15) is 24.2 Å². The molecule has 2 saturated heterocycles. The molecule has 4 rings (SSSR count). The molecule has 2 heterocycles. The lowest BCUT2D eigenvalue weighted by Gasteiger charge is -2.36. The van der Waals surface area contributed by atoms with Gasteiger partial charge in [-0.15, -0.1) is 0 Å². The number of likely N-dealkylation sites (tertiary alicyclic amines) is 1. The molecular formula is C23H24F2N2O5. The van der Waals surface area contributed by atoms with E-state index in [0.29, 0.717) is 0 Å². The van der Waals surface area contributed by atoms with E-state index in [4.69, 9.17) is 14.6 Å². The number of cyclic esters (lactones) is 1. The van der Waals surface area contributed by atoms with E-state index in [-0.39, 0.29) is 56.9 Å². The molecule has 1 atom stereocenters. The molecule has 0 aromatic heterocycles. The van der Waals surface area contributed by atoms with Gasteiger partial charge in [0, 0.05) is 31.5 Å². The lowest BCUT2D eigenvalue weighted by Crippen LogP contribution is -2.43. The molecule has 0 spiro atoms. The number of benzene rings is 2. The van der Waals surface area contributed by atoms with Crippen molar-refractivity contribution < 1.29 is 33.0 Å². The van der Waals surface area contributed by atoms with Crippen molar-refractivity contribution >= 4 is 17.9 Å². The third kappa shape index (κ3) is 4.52. The molecule has 0 bridgehead atoms. The van der Waals surface area contributed by atoms with Crippen molar-refractivity contribution in [2.45, 2.75) is 31.2 Å². The summed E-state index contributed by atoms with van der Waals surface area (Å²) in [6.45, 7) is 0.0859. The maximum absolute atomic E-state index is 15.6. The zero-order valence-corrected chi connectivity index (χ0v) is 17.4. The number of aliphatic hydroxyl groups excluding tert-OH is 1. The van der Waals surface area contributed by atoms with Gasteiger partial charge in [-0.25, -0.2) is 18.4 Å². The van der Waals surface area contributed by atoms with Crippen molar-refractivity contribution in [2.24, 2.45) is 0 Å². The van der Waals surface area contributed by atoms with Crippen LogP contribution in [0.1, 0.15) is 24.0 Å².